The van der Waals surface area contributed by atoms with E-state index >= 15 is 0 Å². The van der Waals surface area contributed by atoms with Gasteiger partial charge in [-0.2, -0.15) is 0 Å². The summed E-state index contributed by atoms with van der Waals surface area (Å²) < 4.78 is 0.936. The maximum Gasteiger partial charge on any atom is 0.198 e. The summed E-state index contributed by atoms with van der Waals surface area (Å²) in [5, 5.41) is 9.23. The van der Waals surface area contributed by atoms with E-state index in [1.165, 1.54) is 31.5 Å². The highest BCUT2D eigenvalue weighted by molar-refractivity contribution is 5.76. The van der Waals surface area contributed by atoms with Crippen LogP contribution in [0.2, 0.25) is 0 Å². The lowest BCUT2D eigenvalue weighted by Crippen LogP contribution is -2.52. The van der Waals surface area contributed by atoms with Crippen LogP contribution in [0.1, 0.15) is 46.0 Å². The average molecular weight is 253 g/mol. The van der Waals surface area contributed by atoms with Crippen LogP contribution >= 0.6 is 0 Å². The van der Waals surface area contributed by atoms with E-state index in [2.05, 4.69) is 31.0 Å². The van der Waals surface area contributed by atoms with Crippen LogP contribution in [-0.2, 0) is 0 Å². The van der Waals surface area contributed by atoms with E-state index in [1.54, 1.807) is 0 Å². The summed E-state index contributed by atoms with van der Waals surface area (Å²) in [6, 6.07) is 0. The number of amidine groups is 1. The molecule has 0 spiro atoms. The van der Waals surface area contributed by atoms with Crippen molar-refractivity contribution in [3.63, 3.8) is 0 Å². The summed E-state index contributed by atoms with van der Waals surface area (Å²) in [6.45, 7) is 8.50. The Labute approximate surface area is 112 Å². The molecular weight excluding hydrogens is 224 g/mol. The lowest BCUT2D eigenvalue weighted by molar-refractivity contribution is -0.835. The zero-order valence-corrected chi connectivity index (χ0v) is 12.1. The topological polar surface area (TPSA) is 32.6 Å². The zero-order valence-electron chi connectivity index (χ0n) is 12.1. The molecule has 0 saturated heterocycles. The van der Waals surface area contributed by atoms with Gasteiger partial charge < -0.3 is 5.11 Å². The van der Waals surface area contributed by atoms with Gasteiger partial charge in [0, 0.05) is 6.42 Å². The van der Waals surface area contributed by atoms with Gasteiger partial charge in [0.2, 0.25) is 0 Å². The van der Waals surface area contributed by atoms with E-state index in [0.29, 0.717) is 0 Å². The third kappa shape index (κ3) is 4.21. The fourth-order valence-electron chi connectivity index (χ4n) is 2.79. The molecule has 104 valence electrons. The largest absolute Gasteiger partial charge is 0.390 e. The van der Waals surface area contributed by atoms with E-state index in [-0.39, 0.29) is 6.61 Å². The SMILES string of the molecule is C/C=C/CCCCCC1=NCC[N+]1(CC)CCO. The molecule has 3 heteroatoms. The van der Waals surface area contributed by atoms with Crippen LogP contribution in [0.25, 0.3) is 0 Å². The Bertz CT molecular complexity index is 286. The van der Waals surface area contributed by atoms with Gasteiger partial charge in [-0.1, -0.05) is 18.6 Å². The predicted octanol–water partition coefficient (Wildman–Crippen LogP) is 2.75. The smallest absolute Gasteiger partial charge is 0.198 e. The number of aliphatic hydroxyl groups excluding tert-OH is 1. The summed E-state index contributed by atoms with van der Waals surface area (Å²) >= 11 is 0. The first-order valence-electron chi connectivity index (χ1n) is 7.41. The van der Waals surface area contributed by atoms with Crippen LogP contribution in [0.4, 0.5) is 0 Å². The molecule has 0 bridgehead atoms. The molecule has 0 aromatic carbocycles. The summed E-state index contributed by atoms with van der Waals surface area (Å²) in [5.41, 5.74) is 0. The molecule has 1 rings (SSSR count). The highest BCUT2D eigenvalue weighted by Gasteiger charge is 2.35. The Morgan fingerprint density at radius 2 is 2.17 bits per heavy atom. The summed E-state index contributed by atoms with van der Waals surface area (Å²) in [6.07, 6.45) is 10.5. The molecule has 0 aromatic heterocycles. The Hall–Kier alpha value is -0.670. The molecule has 0 amide bonds. The van der Waals surface area contributed by atoms with Crippen molar-refractivity contribution in [2.75, 3.05) is 32.8 Å². The quantitative estimate of drug-likeness (QED) is 0.382. The van der Waals surface area contributed by atoms with Crippen LogP contribution in [0.3, 0.4) is 0 Å². The van der Waals surface area contributed by atoms with Crippen LogP contribution in [0.15, 0.2) is 17.1 Å². The number of aliphatic hydroxyl groups is 1. The fraction of sp³-hybridized carbons (Fsp3) is 0.800. The monoisotopic (exact) mass is 253 g/mol. The molecule has 1 unspecified atom stereocenters. The second-order valence-corrected chi connectivity index (χ2v) is 5.10. The molecule has 0 radical (unpaired) electrons. The van der Waals surface area contributed by atoms with Gasteiger partial charge in [-0.3, -0.25) is 4.48 Å². The molecular formula is C15H29N2O+. The predicted molar refractivity (Wildman–Crippen MR) is 77.8 cm³/mol. The molecule has 0 saturated carbocycles. The molecule has 1 aliphatic rings. The van der Waals surface area contributed by atoms with Crippen molar-refractivity contribution in [1.29, 1.82) is 0 Å². The van der Waals surface area contributed by atoms with Crippen molar-refractivity contribution in [3.8, 4) is 0 Å². The van der Waals surface area contributed by atoms with Gasteiger partial charge >= 0.3 is 0 Å². The first kappa shape index (κ1) is 15.4. The zero-order chi connectivity index (χ0) is 13.3. The van der Waals surface area contributed by atoms with Crippen LogP contribution in [0.5, 0.6) is 0 Å². The second-order valence-electron chi connectivity index (χ2n) is 5.10. The Morgan fingerprint density at radius 3 is 2.83 bits per heavy atom. The van der Waals surface area contributed by atoms with Crippen molar-refractivity contribution in [3.05, 3.63) is 12.2 Å². The average Bonchev–Trinajstić information content (AvgIpc) is 2.78. The van der Waals surface area contributed by atoms with E-state index in [1.807, 2.05) is 0 Å². The maximum atomic E-state index is 9.23. The minimum absolute atomic E-state index is 0.272. The minimum atomic E-state index is 0.272. The molecule has 3 nitrogen and oxygen atoms in total. The van der Waals surface area contributed by atoms with Gasteiger partial charge in [0.25, 0.3) is 0 Å². The second kappa shape index (κ2) is 8.44. The first-order chi connectivity index (χ1) is 8.79. The van der Waals surface area contributed by atoms with Gasteiger partial charge in [-0.05, 0) is 33.1 Å². The van der Waals surface area contributed by atoms with Crippen molar-refractivity contribution in [2.45, 2.75) is 46.0 Å². The van der Waals surface area contributed by atoms with Crippen LogP contribution in [0, 0.1) is 0 Å². The fourth-order valence-corrected chi connectivity index (χ4v) is 2.79. The van der Waals surface area contributed by atoms with E-state index in [9.17, 15) is 5.11 Å². The lowest BCUT2D eigenvalue weighted by atomic mass is 10.1. The minimum Gasteiger partial charge on any atom is -0.390 e. The van der Waals surface area contributed by atoms with Crippen molar-refractivity contribution in [1.82, 2.24) is 0 Å². The summed E-state index contributed by atoms with van der Waals surface area (Å²) in [7, 11) is 0. The third-order valence-corrected chi connectivity index (χ3v) is 4.01. The number of allylic oxidation sites excluding steroid dienone is 2. The standard InChI is InChI=1S/C15H29N2O/c1-3-5-6-7-8-9-10-15-16-11-12-17(15,4-2)13-14-18/h3,5,18H,4,6-14H2,1-2H3/q+1/b5-3+. The first-order valence-corrected chi connectivity index (χ1v) is 7.41. The molecule has 1 atom stereocenters. The number of hydrogen-bond acceptors (Lipinski definition) is 2. The van der Waals surface area contributed by atoms with Gasteiger partial charge in [-0.15, -0.1) is 0 Å². The number of nitrogens with zero attached hydrogens (tertiary/aromatic N) is 2. The highest BCUT2D eigenvalue weighted by Crippen LogP contribution is 2.19. The lowest BCUT2D eigenvalue weighted by Gasteiger charge is -2.33. The molecule has 1 N–H and O–H groups in total. The van der Waals surface area contributed by atoms with Gasteiger partial charge in [0.15, 0.2) is 5.84 Å². The number of aliphatic imine (C=N–C) groups is 1. The summed E-state index contributed by atoms with van der Waals surface area (Å²) in [5.74, 6) is 1.33. The number of rotatable bonds is 9. The Morgan fingerprint density at radius 1 is 1.33 bits per heavy atom. The molecule has 0 aromatic rings. The Balaban J connectivity index is 2.31. The number of quaternary nitrogens is 1. The molecule has 1 aliphatic heterocycles. The number of likely N-dealkylation sites (N-methyl/N-ethyl adjacent to an activating group) is 1. The van der Waals surface area contributed by atoms with E-state index in [0.717, 1.165) is 37.1 Å². The van der Waals surface area contributed by atoms with Crippen LogP contribution in [-0.4, -0.2) is 48.2 Å². The molecule has 0 aliphatic carbocycles. The van der Waals surface area contributed by atoms with E-state index in [4.69, 9.17) is 0 Å². The van der Waals surface area contributed by atoms with Crippen molar-refractivity contribution >= 4 is 5.84 Å². The molecule has 1 heterocycles. The molecule has 0 fully saturated rings. The number of unbranched alkanes of at least 4 members (excludes halogenated alkanes) is 3. The van der Waals surface area contributed by atoms with Gasteiger partial charge in [0.1, 0.15) is 13.1 Å². The normalized spacial score (nSPS) is 23.8. The van der Waals surface area contributed by atoms with Gasteiger partial charge in [0.05, 0.1) is 19.7 Å². The maximum absolute atomic E-state index is 9.23. The summed E-state index contributed by atoms with van der Waals surface area (Å²) in [4.78, 5) is 4.68. The third-order valence-electron chi connectivity index (χ3n) is 4.01. The van der Waals surface area contributed by atoms with Crippen molar-refractivity contribution < 1.29 is 9.59 Å². The highest BCUT2D eigenvalue weighted by atomic mass is 16.3. The molecule has 18 heavy (non-hydrogen) atoms. The number of hydrogen-bond donors (Lipinski definition) is 1. The Kier molecular flexibility index (Phi) is 7.21. The van der Waals surface area contributed by atoms with Crippen molar-refractivity contribution in [2.24, 2.45) is 4.99 Å². The van der Waals surface area contributed by atoms with Crippen LogP contribution < -0.4 is 0 Å². The van der Waals surface area contributed by atoms with Gasteiger partial charge in [-0.25, -0.2) is 4.99 Å². The van der Waals surface area contributed by atoms with E-state index < -0.39 is 0 Å².